The Bertz CT molecular complexity index is 1060. The summed E-state index contributed by atoms with van der Waals surface area (Å²) in [6, 6.07) is 21.8. The molecule has 0 spiro atoms. The molecule has 3 aromatic carbocycles. The zero-order valence-corrected chi connectivity index (χ0v) is 19.3. The lowest BCUT2D eigenvalue weighted by Crippen LogP contribution is -2.30. The Morgan fingerprint density at radius 1 is 0.909 bits per heavy atom. The molecule has 33 heavy (non-hydrogen) atoms. The molecule has 0 aliphatic heterocycles. The van der Waals surface area contributed by atoms with Crippen LogP contribution in [0.4, 0.5) is 11.4 Å². The van der Waals surface area contributed by atoms with Crippen molar-refractivity contribution >= 4 is 23.2 Å². The number of hydrogen-bond donors (Lipinski definition) is 2. The molecule has 1 unspecified atom stereocenters. The van der Waals surface area contributed by atoms with E-state index < -0.39 is 6.10 Å². The van der Waals surface area contributed by atoms with Crippen LogP contribution in [0.1, 0.15) is 42.6 Å². The Balaban J connectivity index is 1.54. The van der Waals surface area contributed by atoms with Gasteiger partial charge in [0.25, 0.3) is 11.8 Å². The average Bonchev–Trinajstić information content (AvgIpc) is 2.84. The number of methoxy groups -OCH3 is 1. The average molecular weight is 447 g/mol. The van der Waals surface area contributed by atoms with Crippen LogP contribution in [-0.4, -0.2) is 25.0 Å². The predicted molar refractivity (Wildman–Crippen MR) is 131 cm³/mol. The maximum atomic E-state index is 12.5. The molecule has 0 heterocycles. The van der Waals surface area contributed by atoms with Crippen LogP contribution in [0.25, 0.3) is 0 Å². The third-order valence-corrected chi connectivity index (χ3v) is 5.19. The van der Waals surface area contributed by atoms with E-state index in [9.17, 15) is 9.59 Å². The molecule has 1 atom stereocenters. The molecule has 0 aliphatic rings. The van der Waals surface area contributed by atoms with Gasteiger partial charge in [-0.1, -0.05) is 37.6 Å². The highest BCUT2D eigenvalue weighted by Gasteiger charge is 2.17. The highest BCUT2D eigenvalue weighted by Crippen LogP contribution is 2.24. The van der Waals surface area contributed by atoms with Gasteiger partial charge in [0, 0.05) is 11.3 Å². The zero-order chi connectivity index (χ0) is 23.6. The summed E-state index contributed by atoms with van der Waals surface area (Å²) >= 11 is 0. The number of ether oxygens (including phenoxy) is 2. The van der Waals surface area contributed by atoms with Gasteiger partial charge in [0.15, 0.2) is 6.10 Å². The van der Waals surface area contributed by atoms with E-state index >= 15 is 0 Å². The molecule has 0 radical (unpaired) electrons. The fourth-order valence-corrected chi connectivity index (χ4v) is 3.26. The van der Waals surface area contributed by atoms with Crippen LogP contribution < -0.4 is 20.1 Å². The third kappa shape index (κ3) is 6.84. The summed E-state index contributed by atoms with van der Waals surface area (Å²) in [5.41, 5.74) is 3.09. The van der Waals surface area contributed by atoms with Crippen LogP contribution in [0.5, 0.6) is 11.5 Å². The maximum absolute atomic E-state index is 12.5. The SMILES string of the molecule is CCCCc1ccc(NC(=O)c2ccc(OC(C)C(=O)Nc3ccccc3OC)cc2)cc1. The van der Waals surface area contributed by atoms with Gasteiger partial charge < -0.3 is 20.1 Å². The van der Waals surface area contributed by atoms with Crippen LogP contribution in [0.15, 0.2) is 72.8 Å². The molecule has 3 aromatic rings. The third-order valence-electron chi connectivity index (χ3n) is 5.19. The molecule has 0 fully saturated rings. The van der Waals surface area contributed by atoms with E-state index in [0.717, 1.165) is 24.9 Å². The Morgan fingerprint density at radius 2 is 1.61 bits per heavy atom. The minimum absolute atomic E-state index is 0.204. The summed E-state index contributed by atoms with van der Waals surface area (Å²) in [6.07, 6.45) is 2.62. The van der Waals surface area contributed by atoms with Gasteiger partial charge in [0.05, 0.1) is 12.8 Å². The molecule has 172 valence electrons. The summed E-state index contributed by atoms with van der Waals surface area (Å²) in [4.78, 5) is 25.0. The van der Waals surface area contributed by atoms with Gasteiger partial charge in [-0.3, -0.25) is 9.59 Å². The molecule has 2 amide bonds. The minimum atomic E-state index is -0.735. The van der Waals surface area contributed by atoms with Gasteiger partial charge in [-0.25, -0.2) is 0 Å². The van der Waals surface area contributed by atoms with E-state index in [0.29, 0.717) is 22.7 Å². The fourth-order valence-electron chi connectivity index (χ4n) is 3.26. The topological polar surface area (TPSA) is 76.7 Å². The molecule has 0 aliphatic carbocycles. The van der Waals surface area contributed by atoms with Gasteiger partial charge in [-0.2, -0.15) is 0 Å². The maximum Gasteiger partial charge on any atom is 0.265 e. The molecule has 0 bridgehead atoms. The minimum Gasteiger partial charge on any atom is -0.495 e. The number of rotatable bonds is 10. The summed E-state index contributed by atoms with van der Waals surface area (Å²) in [5.74, 6) is 0.562. The quantitative estimate of drug-likeness (QED) is 0.419. The number of carbonyl (C=O) groups is 2. The van der Waals surface area contributed by atoms with E-state index in [1.54, 1.807) is 50.4 Å². The van der Waals surface area contributed by atoms with E-state index in [-0.39, 0.29) is 11.8 Å². The van der Waals surface area contributed by atoms with Gasteiger partial charge in [0.2, 0.25) is 0 Å². The number of aryl methyl sites for hydroxylation is 1. The van der Waals surface area contributed by atoms with Crippen LogP contribution in [0, 0.1) is 0 Å². The normalized spacial score (nSPS) is 11.4. The second-order valence-corrected chi connectivity index (χ2v) is 7.73. The van der Waals surface area contributed by atoms with Gasteiger partial charge in [-0.05, 0) is 73.9 Å². The van der Waals surface area contributed by atoms with Crippen LogP contribution in [0.2, 0.25) is 0 Å². The number of unbranched alkanes of at least 4 members (excludes halogenated alkanes) is 1. The van der Waals surface area contributed by atoms with Crippen LogP contribution in [-0.2, 0) is 11.2 Å². The number of anilines is 2. The van der Waals surface area contributed by atoms with Crippen molar-refractivity contribution in [3.05, 3.63) is 83.9 Å². The fraction of sp³-hybridized carbons (Fsp3) is 0.259. The van der Waals surface area contributed by atoms with E-state index in [1.165, 1.54) is 5.56 Å². The van der Waals surface area contributed by atoms with Crippen molar-refractivity contribution in [2.45, 2.75) is 39.2 Å². The van der Waals surface area contributed by atoms with Gasteiger partial charge >= 0.3 is 0 Å². The highest BCUT2D eigenvalue weighted by molar-refractivity contribution is 6.04. The second-order valence-electron chi connectivity index (χ2n) is 7.73. The first-order chi connectivity index (χ1) is 16.0. The Hall–Kier alpha value is -3.80. The lowest BCUT2D eigenvalue weighted by atomic mass is 10.1. The van der Waals surface area contributed by atoms with E-state index in [2.05, 4.69) is 17.6 Å². The first-order valence-corrected chi connectivity index (χ1v) is 11.1. The van der Waals surface area contributed by atoms with E-state index in [1.807, 2.05) is 36.4 Å². The number of para-hydroxylation sites is 2. The molecule has 3 rings (SSSR count). The molecule has 2 N–H and O–H groups in total. The Kier molecular flexibility index (Phi) is 8.47. The smallest absolute Gasteiger partial charge is 0.265 e. The Labute approximate surface area is 194 Å². The standard InChI is InChI=1S/C27H30N2O4/c1-4-5-8-20-11-15-22(16-12-20)28-27(31)21-13-17-23(18-14-21)33-19(2)26(30)29-24-9-6-7-10-25(24)32-3/h6-7,9-19H,4-5,8H2,1-3H3,(H,28,31)(H,29,30). The number of carbonyl (C=O) groups excluding carboxylic acids is 2. The molecular formula is C27H30N2O4. The zero-order valence-electron chi connectivity index (χ0n) is 19.3. The first kappa shape index (κ1) is 23.9. The molecule has 0 aromatic heterocycles. The monoisotopic (exact) mass is 446 g/mol. The Morgan fingerprint density at radius 3 is 2.27 bits per heavy atom. The second kappa shape index (κ2) is 11.7. The summed E-state index contributed by atoms with van der Waals surface area (Å²) in [6.45, 7) is 3.83. The highest BCUT2D eigenvalue weighted by atomic mass is 16.5. The van der Waals surface area contributed by atoms with Crippen molar-refractivity contribution < 1.29 is 19.1 Å². The molecule has 0 saturated heterocycles. The largest absolute Gasteiger partial charge is 0.495 e. The number of benzene rings is 3. The van der Waals surface area contributed by atoms with Crippen molar-refractivity contribution in [2.24, 2.45) is 0 Å². The lowest BCUT2D eigenvalue weighted by molar-refractivity contribution is -0.122. The molecular weight excluding hydrogens is 416 g/mol. The van der Waals surface area contributed by atoms with Crippen molar-refractivity contribution in [1.29, 1.82) is 0 Å². The number of amides is 2. The number of nitrogens with one attached hydrogen (secondary N) is 2. The molecule has 6 nitrogen and oxygen atoms in total. The summed E-state index contributed by atoms with van der Waals surface area (Å²) < 4.78 is 11.0. The van der Waals surface area contributed by atoms with Gasteiger partial charge in [0.1, 0.15) is 11.5 Å². The molecule has 0 saturated carbocycles. The van der Waals surface area contributed by atoms with Crippen molar-refractivity contribution in [2.75, 3.05) is 17.7 Å². The van der Waals surface area contributed by atoms with Crippen LogP contribution in [0.3, 0.4) is 0 Å². The van der Waals surface area contributed by atoms with Gasteiger partial charge in [-0.15, -0.1) is 0 Å². The summed E-state index contributed by atoms with van der Waals surface area (Å²) in [5, 5.41) is 5.70. The van der Waals surface area contributed by atoms with Crippen molar-refractivity contribution in [3.63, 3.8) is 0 Å². The van der Waals surface area contributed by atoms with Crippen LogP contribution >= 0.6 is 0 Å². The summed E-state index contributed by atoms with van der Waals surface area (Å²) in [7, 11) is 1.55. The van der Waals surface area contributed by atoms with Crippen molar-refractivity contribution in [3.8, 4) is 11.5 Å². The first-order valence-electron chi connectivity index (χ1n) is 11.1. The number of hydrogen-bond acceptors (Lipinski definition) is 4. The predicted octanol–water partition coefficient (Wildman–Crippen LogP) is 5.70. The molecule has 6 heteroatoms. The lowest BCUT2D eigenvalue weighted by Gasteiger charge is -2.16. The van der Waals surface area contributed by atoms with Crippen molar-refractivity contribution in [1.82, 2.24) is 0 Å². The van der Waals surface area contributed by atoms with E-state index in [4.69, 9.17) is 9.47 Å².